The number of aliphatic hydroxyl groups is 1. The van der Waals surface area contributed by atoms with E-state index in [1.807, 2.05) is 0 Å². The van der Waals surface area contributed by atoms with E-state index in [2.05, 4.69) is 19.2 Å². The minimum Gasteiger partial charge on any atom is -0.394 e. The summed E-state index contributed by atoms with van der Waals surface area (Å²) in [5.74, 6) is 0. The van der Waals surface area contributed by atoms with Crippen molar-refractivity contribution in [2.75, 3.05) is 33.0 Å². The summed E-state index contributed by atoms with van der Waals surface area (Å²) in [7, 11) is 0. The van der Waals surface area contributed by atoms with E-state index in [0.29, 0.717) is 19.3 Å². The molecule has 1 rings (SSSR count). The second-order valence-corrected chi connectivity index (χ2v) is 5.47. The van der Waals surface area contributed by atoms with Gasteiger partial charge in [-0.3, -0.25) is 0 Å². The van der Waals surface area contributed by atoms with Crippen molar-refractivity contribution in [1.29, 1.82) is 0 Å². The van der Waals surface area contributed by atoms with Crippen molar-refractivity contribution in [3.8, 4) is 0 Å². The van der Waals surface area contributed by atoms with Crippen molar-refractivity contribution in [3.05, 3.63) is 0 Å². The Kier molecular flexibility index (Phi) is 7.82. The lowest BCUT2D eigenvalue weighted by Gasteiger charge is -2.29. The standard InChI is InChI=1S/C14H29NO3/c1-3-8-17-10-11-18-9-4-7-14(2,12-16)15-13-5-6-13/h13,15-16H,3-12H2,1-2H3. The van der Waals surface area contributed by atoms with Gasteiger partial charge in [0.2, 0.25) is 0 Å². The zero-order valence-corrected chi connectivity index (χ0v) is 11.9. The Morgan fingerprint density at radius 1 is 1.17 bits per heavy atom. The second-order valence-electron chi connectivity index (χ2n) is 5.47. The maximum atomic E-state index is 9.44. The van der Waals surface area contributed by atoms with Crippen molar-refractivity contribution in [2.45, 2.75) is 57.5 Å². The van der Waals surface area contributed by atoms with Crippen LogP contribution in [0.25, 0.3) is 0 Å². The monoisotopic (exact) mass is 259 g/mol. The molecule has 0 aromatic carbocycles. The molecule has 0 aromatic rings. The predicted octanol–water partition coefficient (Wildman–Crippen LogP) is 1.71. The molecule has 2 N–H and O–H groups in total. The molecule has 4 nitrogen and oxygen atoms in total. The van der Waals surface area contributed by atoms with Crippen LogP contribution < -0.4 is 5.32 Å². The normalized spacial score (nSPS) is 18.8. The fourth-order valence-electron chi connectivity index (χ4n) is 1.95. The van der Waals surface area contributed by atoms with Gasteiger partial charge in [-0.25, -0.2) is 0 Å². The smallest absolute Gasteiger partial charge is 0.0700 e. The molecule has 1 saturated carbocycles. The molecule has 1 atom stereocenters. The average Bonchev–Trinajstić information content (AvgIpc) is 3.16. The molecule has 1 fully saturated rings. The molecule has 0 amide bonds. The fraction of sp³-hybridized carbons (Fsp3) is 1.00. The predicted molar refractivity (Wildman–Crippen MR) is 72.8 cm³/mol. The van der Waals surface area contributed by atoms with Crippen LogP contribution >= 0.6 is 0 Å². The van der Waals surface area contributed by atoms with Gasteiger partial charge < -0.3 is 19.9 Å². The summed E-state index contributed by atoms with van der Waals surface area (Å²) < 4.78 is 10.8. The lowest BCUT2D eigenvalue weighted by Crippen LogP contribution is -2.47. The molecule has 0 bridgehead atoms. The van der Waals surface area contributed by atoms with Crippen LogP contribution in [0.5, 0.6) is 0 Å². The molecule has 0 aliphatic heterocycles. The molecular formula is C14H29NO3. The van der Waals surface area contributed by atoms with Gasteiger partial charge in [-0.05, 0) is 39.0 Å². The quantitative estimate of drug-likeness (QED) is 0.524. The van der Waals surface area contributed by atoms with Crippen LogP contribution in [0, 0.1) is 0 Å². The van der Waals surface area contributed by atoms with E-state index in [4.69, 9.17) is 9.47 Å². The van der Waals surface area contributed by atoms with Crippen LogP contribution in [0.1, 0.15) is 46.0 Å². The second kappa shape index (κ2) is 8.86. The van der Waals surface area contributed by atoms with E-state index in [1.54, 1.807) is 0 Å². The Hall–Kier alpha value is -0.160. The van der Waals surface area contributed by atoms with Gasteiger partial charge in [-0.1, -0.05) is 6.92 Å². The van der Waals surface area contributed by atoms with Gasteiger partial charge in [-0.2, -0.15) is 0 Å². The van der Waals surface area contributed by atoms with Gasteiger partial charge in [-0.15, -0.1) is 0 Å². The largest absolute Gasteiger partial charge is 0.394 e. The summed E-state index contributed by atoms with van der Waals surface area (Å²) in [6, 6.07) is 0.630. The Labute approximate surface area is 111 Å². The number of aliphatic hydroxyl groups excluding tert-OH is 1. The van der Waals surface area contributed by atoms with Crippen LogP contribution in [0.4, 0.5) is 0 Å². The van der Waals surface area contributed by atoms with Gasteiger partial charge in [0.1, 0.15) is 0 Å². The Bertz CT molecular complexity index is 209. The van der Waals surface area contributed by atoms with E-state index in [9.17, 15) is 5.11 Å². The third-order valence-electron chi connectivity index (χ3n) is 3.22. The van der Waals surface area contributed by atoms with Crippen molar-refractivity contribution in [2.24, 2.45) is 0 Å². The zero-order chi connectivity index (χ0) is 13.3. The fourth-order valence-corrected chi connectivity index (χ4v) is 1.95. The van der Waals surface area contributed by atoms with E-state index in [0.717, 1.165) is 32.5 Å². The molecule has 108 valence electrons. The Balaban J connectivity index is 1.94. The van der Waals surface area contributed by atoms with Gasteiger partial charge in [0, 0.05) is 24.8 Å². The highest BCUT2D eigenvalue weighted by molar-refractivity contribution is 4.92. The molecular weight excluding hydrogens is 230 g/mol. The summed E-state index contributed by atoms with van der Waals surface area (Å²) >= 11 is 0. The van der Waals surface area contributed by atoms with Crippen LogP contribution in [-0.4, -0.2) is 49.7 Å². The zero-order valence-electron chi connectivity index (χ0n) is 11.9. The van der Waals surface area contributed by atoms with Crippen molar-refractivity contribution >= 4 is 0 Å². The Morgan fingerprint density at radius 2 is 1.83 bits per heavy atom. The van der Waals surface area contributed by atoms with E-state index >= 15 is 0 Å². The first-order valence-corrected chi connectivity index (χ1v) is 7.24. The van der Waals surface area contributed by atoms with E-state index < -0.39 is 0 Å². The van der Waals surface area contributed by atoms with Crippen molar-refractivity contribution in [3.63, 3.8) is 0 Å². The van der Waals surface area contributed by atoms with Crippen LogP contribution in [-0.2, 0) is 9.47 Å². The first-order valence-electron chi connectivity index (χ1n) is 7.24. The Morgan fingerprint density at radius 3 is 2.39 bits per heavy atom. The molecule has 0 radical (unpaired) electrons. The summed E-state index contributed by atoms with van der Waals surface area (Å²) in [4.78, 5) is 0. The van der Waals surface area contributed by atoms with E-state index in [-0.39, 0.29) is 12.1 Å². The maximum Gasteiger partial charge on any atom is 0.0700 e. The van der Waals surface area contributed by atoms with Gasteiger partial charge in [0.05, 0.1) is 19.8 Å². The molecule has 0 heterocycles. The van der Waals surface area contributed by atoms with Gasteiger partial charge in [0.15, 0.2) is 0 Å². The first kappa shape index (κ1) is 15.9. The van der Waals surface area contributed by atoms with Crippen molar-refractivity contribution < 1.29 is 14.6 Å². The molecule has 1 aliphatic carbocycles. The molecule has 0 saturated heterocycles. The number of rotatable bonds is 12. The van der Waals surface area contributed by atoms with Crippen LogP contribution in [0.15, 0.2) is 0 Å². The highest BCUT2D eigenvalue weighted by Crippen LogP contribution is 2.24. The molecule has 18 heavy (non-hydrogen) atoms. The molecule has 0 aromatic heterocycles. The first-order chi connectivity index (χ1) is 8.70. The highest BCUT2D eigenvalue weighted by Gasteiger charge is 2.31. The van der Waals surface area contributed by atoms with E-state index in [1.165, 1.54) is 12.8 Å². The third-order valence-corrected chi connectivity index (χ3v) is 3.22. The third kappa shape index (κ3) is 7.31. The number of hydrogen-bond donors (Lipinski definition) is 2. The number of nitrogens with one attached hydrogen (secondary N) is 1. The number of hydrogen-bond acceptors (Lipinski definition) is 4. The summed E-state index contributed by atoms with van der Waals surface area (Å²) in [6.45, 7) is 7.31. The molecule has 0 spiro atoms. The average molecular weight is 259 g/mol. The summed E-state index contributed by atoms with van der Waals surface area (Å²) in [5, 5.41) is 12.9. The van der Waals surface area contributed by atoms with Crippen LogP contribution in [0.3, 0.4) is 0 Å². The minimum absolute atomic E-state index is 0.136. The molecule has 1 unspecified atom stereocenters. The minimum atomic E-state index is -0.136. The lowest BCUT2D eigenvalue weighted by molar-refractivity contribution is 0.0430. The molecule has 4 heteroatoms. The number of ether oxygens (including phenoxy) is 2. The topological polar surface area (TPSA) is 50.7 Å². The van der Waals surface area contributed by atoms with Crippen molar-refractivity contribution in [1.82, 2.24) is 5.32 Å². The van der Waals surface area contributed by atoms with Gasteiger partial charge >= 0.3 is 0 Å². The van der Waals surface area contributed by atoms with Gasteiger partial charge in [0.25, 0.3) is 0 Å². The molecule has 1 aliphatic rings. The SMILES string of the molecule is CCCOCCOCCCC(C)(CO)NC1CC1. The lowest BCUT2D eigenvalue weighted by atomic mass is 9.97. The highest BCUT2D eigenvalue weighted by atomic mass is 16.5. The van der Waals surface area contributed by atoms with Crippen LogP contribution in [0.2, 0.25) is 0 Å². The maximum absolute atomic E-state index is 9.44. The summed E-state index contributed by atoms with van der Waals surface area (Å²) in [6.07, 6.45) is 5.49. The summed E-state index contributed by atoms with van der Waals surface area (Å²) in [5.41, 5.74) is -0.136.